The maximum atomic E-state index is 13.7. The lowest BCUT2D eigenvalue weighted by atomic mass is 9.82. The molecule has 2 unspecified atom stereocenters. The summed E-state index contributed by atoms with van der Waals surface area (Å²) in [6, 6.07) is 4.77. The van der Waals surface area contributed by atoms with Crippen LogP contribution in [0.3, 0.4) is 0 Å². The summed E-state index contributed by atoms with van der Waals surface area (Å²) >= 11 is 0. The molecule has 2 atom stereocenters. The highest BCUT2D eigenvalue weighted by Crippen LogP contribution is 2.26. The van der Waals surface area contributed by atoms with E-state index in [2.05, 4.69) is 20.8 Å². The summed E-state index contributed by atoms with van der Waals surface area (Å²) in [6.45, 7) is 8.87. The number of rotatable bonds is 6. The lowest BCUT2D eigenvalue weighted by Crippen LogP contribution is -2.46. The topological polar surface area (TPSA) is 44.5 Å². The van der Waals surface area contributed by atoms with Crippen LogP contribution in [-0.4, -0.2) is 25.9 Å². The molecule has 1 aromatic carbocycles. The van der Waals surface area contributed by atoms with Gasteiger partial charge in [-0.05, 0) is 36.5 Å². The van der Waals surface area contributed by atoms with Crippen molar-refractivity contribution in [3.8, 4) is 5.75 Å². The minimum Gasteiger partial charge on any atom is -0.494 e. The van der Waals surface area contributed by atoms with E-state index in [1.807, 2.05) is 13.0 Å². The van der Waals surface area contributed by atoms with Gasteiger partial charge in [0.1, 0.15) is 0 Å². The number of nitrogens with two attached hydrogens (primary N) is 1. The largest absolute Gasteiger partial charge is 0.494 e. The van der Waals surface area contributed by atoms with Crippen molar-refractivity contribution >= 4 is 0 Å². The molecule has 1 rings (SSSR count). The van der Waals surface area contributed by atoms with Crippen LogP contribution in [0.5, 0.6) is 5.75 Å². The summed E-state index contributed by atoms with van der Waals surface area (Å²) in [5.41, 5.74) is 7.06. The van der Waals surface area contributed by atoms with Crippen LogP contribution in [0.4, 0.5) is 4.39 Å². The predicted octanol–water partition coefficient (Wildman–Crippen LogP) is 3.16. The number of hydrogen-bond acceptors (Lipinski definition) is 3. The normalized spacial score (nSPS) is 14.9. The van der Waals surface area contributed by atoms with Crippen molar-refractivity contribution in [1.29, 1.82) is 0 Å². The Balaban J connectivity index is 2.82. The standard InChI is InChI=1S/C16H26FNO2/c1-6-20-15(16(2,3)4)13(18)10-11-7-8-14(19-5)12(17)9-11/h7-9,13,15H,6,10,18H2,1-5H3. The second-order valence-corrected chi connectivity index (χ2v) is 6.08. The van der Waals surface area contributed by atoms with Crippen LogP contribution in [0.15, 0.2) is 18.2 Å². The van der Waals surface area contributed by atoms with Gasteiger partial charge in [-0.2, -0.15) is 0 Å². The molecule has 0 amide bonds. The van der Waals surface area contributed by atoms with Gasteiger partial charge in [-0.25, -0.2) is 4.39 Å². The first kappa shape index (κ1) is 16.9. The molecule has 0 heterocycles. The number of halogens is 1. The highest BCUT2D eigenvalue weighted by Gasteiger charge is 2.30. The van der Waals surface area contributed by atoms with Gasteiger partial charge in [0, 0.05) is 12.6 Å². The highest BCUT2D eigenvalue weighted by molar-refractivity contribution is 5.29. The van der Waals surface area contributed by atoms with Gasteiger partial charge >= 0.3 is 0 Å². The Kier molecular flexibility index (Phi) is 5.96. The Morgan fingerprint density at radius 2 is 1.95 bits per heavy atom. The summed E-state index contributed by atoms with van der Waals surface area (Å²) in [4.78, 5) is 0. The first-order valence-electron chi connectivity index (χ1n) is 6.99. The van der Waals surface area contributed by atoms with Gasteiger partial charge < -0.3 is 15.2 Å². The molecule has 0 aromatic heterocycles. The van der Waals surface area contributed by atoms with Crippen LogP contribution in [0, 0.1) is 11.2 Å². The molecular formula is C16H26FNO2. The van der Waals surface area contributed by atoms with Gasteiger partial charge in [-0.3, -0.25) is 0 Å². The maximum absolute atomic E-state index is 13.7. The smallest absolute Gasteiger partial charge is 0.165 e. The number of hydrogen-bond donors (Lipinski definition) is 1. The van der Waals surface area contributed by atoms with Gasteiger partial charge in [-0.1, -0.05) is 26.8 Å². The summed E-state index contributed by atoms with van der Waals surface area (Å²) in [7, 11) is 1.45. The van der Waals surface area contributed by atoms with Gasteiger partial charge in [0.2, 0.25) is 0 Å². The van der Waals surface area contributed by atoms with Gasteiger partial charge in [-0.15, -0.1) is 0 Å². The van der Waals surface area contributed by atoms with Crippen LogP contribution in [0.1, 0.15) is 33.3 Å². The summed E-state index contributed by atoms with van der Waals surface area (Å²) in [5.74, 6) is -0.111. The zero-order chi connectivity index (χ0) is 15.3. The van der Waals surface area contributed by atoms with E-state index in [9.17, 15) is 4.39 Å². The molecule has 2 N–H and O–H groups in total. The Hall–Kier alpha value is -1.13. The zero-order valence-electron chi connectivity index (χ0n) is 13.1. The molecule has 0 spiro atoms. The number of benzene rings is 1. The monoisotopic (exact) mass is 283 g/mol. The Morgan fingerprint density at radius 3 is 2.40 bits per heavy atom. The van der Waals surface area contributed by atoms with E-state index in [-0.39, 0.29) is 29.1 Å². The zero-order valence-corrected chi connectivity index (χ0v) is 13.1. The van der Waals surface area contributed by atoms with E-state index in [0.29, 0.717) is 13.0 Å². The average Bonchev–Trinajstić information content (AvgIpc) is 2.34. The predicted molar refractivity (Wildman–Crippen MR) is 79.5 cm³/mol. The lowest BCUT2D eigenvalue weighted by Gasteiger charge is -2.35. The van der Waals surface area contributed by atoms with E-state index in [1.54, 1.807) is 6.07 Å². The van der Waals surface area contributed by atoms with Crippen molar-refractivity contribution in [3.05, 3.63) is 29.6 Å². The second kappa shape index (κ2) is 7.04. The molecule has 0 aliphatic rings. The number of ether oxygens (including phenoxy) is 2. The molecule has 1 aromatic rings. The third-order valence-corrected chi connectivity index (χ3v) is 3.28. The molecule has 0 saturated carbocycles. The molecule has 0 radical (unpaired) electrons. The second-order valence-electron chi connectivity index (χ2n) is 6.08. The van der Waals surface area contributed by atoms with Crippen molar-refractivity contribution in [2.45, 2.75) is 46.3 Å². The molecule has 0 fully saturated rings. The molecule has 3 nitrogen and oxygen atoms in total. The molecule has 114 valence electrons. The Morgan fingerprint density at radius 1 is 1.30 bits per heavy atom. The molecule has 0 aliphatic carbocycles. The average molecular weight is 283 g/mol. The molecule has 0 saturated heterocycles. The van der Waals surface area contributed by atoms with E-state index in [4.69, 9.17) is 15.2 Å². The van der Waals surface area contributed by atoms with Crippen LogP contribution in [0.2, 0.25) is 0 Å². The van der Waals surface area contributed by atoms with Crippen LogP contribution in [0.25, 0.3) is 0 Å². The molecule has 4 heteroatoms. The lowest BCUT2D eigenvalue weighted by molar-refractivity contribution is -0.0274. The first-order valence-corrected chi connectivity index (χ1v) is 6.99. The van der Waals surface area contributed by atoms with E-state index >= 15 is 0 Å². The molecule has 0 bridgehead atoms. The summed E-state index contributed by atoms with van der Waals surface area (Å²) < 4.78 is 24.4. The van der Waals surface area contributed by atoms with Crippen molar-refractivity contribution in [1.82, 2.24) is 0 Å². The van der Waals surface area contributed by atoms with Gasteiger partial charge in [0.05, 0.1) is 13.2 Å². The van der Waals surface area contributed by atoms with Crippen molar-refractivity contribution < 1.29 is 13.9 Å². The summed E-state index contributed by atoms with van der Waals surface area (Å²) in [6.07, 6.45) is 0.501. The van der Waals surface area contributed by atoms with Crippen molar-refractivity contribution in [2.24, 2.45) is 11.1 Å². The fraction of sp³-hybridized carbons (Fsp3) is 0.625. The highest BCUT2D eigenvalue weighted by atomic mass is 19.1. The first-order chi connectivity index (χ1) is 9.29. The van der Waals surface area contributed by atoms with Crippen LogP contribution < -0.4 is 10.5 Å². The third kappa shape index (κ3) is 4.46. The fourth-order valence-corrected chi connectivity index (χ4v) is 2.41. The Bertz CT molecular complexity index is 429. The number of methoxy groups -OCH3 is 1. The molecule has 0 aliphatic heterocycles. The van der Waals surface area contributed by atoms with Crippen molar-refractivity contribution in [2.75, 3.05) is 13.7 Å². The van der Waals surface area contributed by atoms with E-state index < -0.39 is 0 Å². The summed E-state index contributed by atoms with van der Waals surface area (Å²) in [5, 5.41) is 0. The molecular weight excluding hydrogens is 257 g/mol. The Labute approximate surface area is 121 Å². The van der Waals surface area contributed by atoms with E-state index in [1.165, 1.54) is 13.2 Å². The van der Waals surface area contributed by atoms with Crippen LogP contribution >= 0.6 is 0 Å². The van der Waals surface area contributed by atoms with E-state index in [0.717, 1.165) is 5.56 Å². The third-order valence-electron chi connectivity index (χ3n) is 3.28. The minimum absolute atomic E-state index is 0.0551. The van der Waals surface area contributed by atoms with Gasteiger partial charge in [0.25, 0.3) is 0 Å². The fourth-order valence-electron chi connectivity index (χ4n) is 2.41. The van der Waals surface area contributed by atoms with Crippen LogP contribution in [-0.2, 0) is 11.2 Å². The van der Waals surface area contributed by atoms with Gasteiger partial charge in [0.15, 0.2) is 11.6 Å². The SMILES string of the molecule is CCOC(C(N)Cc1ccc(OC)c(F)c1)C(C)(C)C. The molecule has 20 heavy (non-hydrogen) atoms. The minimum atomic E-state index is -0.360. The maximum Gasteiger partial charge on any atom is 0.165 e. The van der Waals surface area contributed by atoms with Crippen molar-refractivity contribution in [3.63, 3.8) is 0 Å². The quantitative estimate of drug-likeness (QED) is 0.872.